The van der Waals surface area contributed by atoms with Crippen LogP contribution in [0, 0.1) is 52.3 Å². The van der Waals surface area contributed by atoms with Crippen molar-refractivity contribution in [2.24, 2.45) is 52.3 Å². The summed E-state index contributed by atoms with van der Waals surface area (Å²) in [7, 11) is 0. The zero-order valence-corrected chi connectivity index (χ0v) is 27.2. The third-order valence-corrected chi connectivity index (χ3v) is 14.4. The number of esters is 1. The third-order valence-electron chi connectivity index (χ3n) is 14.4. The molecule has 0 spiro atoms. The van der Waals surface area contributed by atoms with Crippen molar-refractivity contribution < 1.29 is 27.8 Å². The van der Waals surface area contributed by atoms with Crippen LogP contribution in [0.4, 0.5) is 13.2 Å². The fraction of sp³-hybridized carbons (Fsp3) is 0.816. The topological polar surface area (TPSA) is 46.5 Å². The Morgan fingerprint density at radius 2 is 1.59 bits per heavy atom. The number of carbonyl (C=O) groups excluding carboxylic acids is 1. The molecule has 0 aromatic heterocycles. The minimum Gasteiger partial charge on any atom is -0.458 e. The first-order chi connectivity index (χ1) is 20.9. The number of ether oxygens (including phenoxy) is 1. The van der Waals surface area contributed by atoms with Gasteiger partial charge >= 0.3 is 12.1 Å². The highest BCUT2D eigenvalue weighted by molar-refractivity contribution is 5.89. The maximum Gasteiger partial charge on any atom is 0.417 e. The molecular weight excluding hydrogens is 561 g/mol. The summed E-state index contributed by atoms with van der Waals surface area (Å²) in [6, 6.07) is 9.40. The number of hydrogen-bond acceptors (Lipinski definition) is 3. The molecule has 5 saturated carbocycles. The molecule has 0 bridgehead atoms. The average molecular weight is 617 g/mol. The summed E-state index contributed by atoms with van der Waals surface area (Å²) in [6.45, 7) is 7.23. The Kier molecular flexibility index (Phi) is 9.00. The van der Waals surface area contributed by atoms with Gasteiger partial charge in [0.2, 0.25) is 0 Å². The molecule has 5 aliphatic carbocycles. The molecule has 246 valence electrons. The molecule has 1 aromatic rings. The summed E-state index contributed by atoms with van der Waals surface area (Å²) in [5.74, 6) is 3.10. The van der Waals surface area contributed by atoms with E-state index in [1.165, 1.54) is 32.1 Å². The highest BCUT2D eigenvalue weighted by Crippen LogP contribution is 2.69. The highest BCUT2D eigenvalue weighted by Gasteiger charge is 2.65. The van der Waals surface area contributed by atoms with Crippen LogP contribution in [0.25, 0.3) is 0 Å². The zero-order chi connectivity index (χ0) is 31.3. The molecule has 0 amide bonds. The first kappa shape index (κ1) is 32.4. The summed E-state index contributed by atoms with van der Waals surface area (Å²) in [6.07, 6.45) is 10.2. The van der Waals surface area contributed by atoms with E-state index in [4.69, 9.17) is 4.74 Å². The molecule has 5 aliphatic rings. The Morgan fingerprint density at radius 1 is 0.886 bits per heavy atom. The minimum atomic E-state index is -4.54. The van der Waals surface area contributed by atoms with Gasteiger partial charge in [0.15, 0.2) is 5.60 Å². The van der Waals surface area contributed by atoms with Crippen molar-refractivity contribution in [2.75, 3.05) is 0 Å². The number of carbonyl (C=O) groups is 1. The summed E-state index contributed by atoms with van der Waals surface area (Å²) >= 11 is 0. The minimum absolute atomic E-state index is 0.0249. The van der Waals surface area contributed by atoms with Crippen LogP contribution in [0.2, 0.25) is 0 Å². The van der Waals surface area contributed by atoms with E-state index >= 15 is 0 Å². The number of halogens is 3. The van der Waals surface area contributed by atoms with Gasteiger partial charge in [-0.05, 0) is 148 Å². The predicted octanol–water partition coefficient (Wildman–Crippen LogP) is 10.2. The summed E-state index contributed by atoms with van der Waals surface area (Å²) in [4.78, 5) is 13.1. The van der Waals surface area contributed by atoms with E-state index in [0.29, 0.717) is 47.5 Å². The van der Waals surface area contributed by atoms with Gasteiger partial charge in [-0.15, -0.1) is 0 Å². The second-order valence-electron chi connectivity index (χ2n) is 16.4. The van der Waals surface area contributed by atoms with E-state index in [1.54, 1.807) is 0 Å². The molecule has 0 heterocycles. The first-order valence-corrected chi connectivity index (χ1v) is 17.9. The Balaban J connectivity index is 1.11. The summed E-state index contributed by atoms with van der Waals surface area (Å²) in [5.41, 5.74) is -1.70. The van der Waals surface area contributed by atoms with E-state index < -0.39 is 11.8 Å². The fourth-order valence-electron chi connectivity index (χ4n) is 11.8. The van der Waals surface area contributed by atoms with Crippen LogP contribution in [0.15, 0.2) is 30.3 Å². The van der Waals surface area contributed by atoms with E-state index in [2.05, 4.69) is 20.8 Å². The Bertz CT molecular complexity index is 1150. The van der Waals surface area contributed by atoms with E-state index in [-0.39, 0.29) is 41.7 Å². The molecule has 10 atom stereocenters. The van der Waals surface area contributed by atoms with Crippen LogP contribution < -0.4 is 0 Å². The molecule has 0 aliphatic heterocycles. The van der Waals surface area contributed by atoms with Gasteiger partial charge in [0.25, 0.3) is 0 Å². The summed E-state index contributed by atoms with van der Waals surface area (Å²) in [5, 5.41) is 10.6. The molecule has 0 saturated heterocycles. The highest BCUT2D eigenvalue weighted by atomic mass is 19.4. The molecule has 44 heavy (non-hydrogen) atoms. The van der Waals surface area contributed by atoms with Gasteiger partial charge in [-0.2, -0.15) is 13.2 Å². The predicted molar refractivity (Wildman–Crippen MR) is 167 cm³/mol. The Labute approximate surface area is 263 Å². The monoisotopic (exact) mass is 616 g/mol. The quantitative estimate of drug-likeness (QED) is 0.310. The van der Waals surface area contributed by atoms with Crippen molar-refractivity contribution in [1.82, 2.24) is 0 Å². The molecule has 5 fully saturated rings. The molecular formula is C38H55F3O3. The number of fused-ring (bicyclic) bond motifs is 5. The lowest BCUT2D eigenvalue weighted by atomic mass is 9.43. The largest absolute Gasteiger partial charge is 0.458 e. The van der Waals surface area contributed by atoms with Gasteiger partial charge in [-0.1, -0.05) is 58.2 Å². The Morgan fingerprint density at radius 3 is 2.30 bits per heavy atom. The second kappa shape index (κ2) is 12.2. The van der Waals surface area contributed by atoms with Crippen molar-refractivity contribution in [2.45, 2.75) is 141 Å². The average Bonchev–Trinajstić information content (AvgIpc) is 3.37. The lowest BCUT2D eigenvalue weighted by molar-refractivity contribution is -0.290. The standard InChI is InChI=1S/C38H55F3O3/c1-25(14-19-33(26-10-6-4-7-11-26)44-34(42)27-12-8-5-9-13-27)30-17-18-31-29-16-15-28-24-37(43,38(39,40)41)23-22-35(28,2)32(29)20-21-36(30,31)3/h5,8-9,12-13,25-26,28-33,43H,4,6-7,10-11,14-24H2,1-3H3/t25-,28?,29+,30-,31?,32?,33-,35+,36-,37+/m1/s1. The van der Waals surface area contributed by atoms with Gasteiger partial charge in [0.05, 0.1) is 5.56 Å². The van der Waals surface area contributed by atoms with Crippen LogP contribution in [-0.4, -0.2) is 29.0 Å². The molecule has 3 unspecified atom stereocenters. The van der Waals surface area contributed by atoms with Crippen LogP contribution in [0.5, 0.6) is 0 Å². The lowest BCUT2D eigenvalue weighted by Gasteiger charge is -2.62. The molecule has 6 rings (SSSR count). The maximum absolute atomic E-state index is 13.8. The number of hydrogen-bond donors (Lipinski definition) is 1. The van der Waals surface area contributed by atoms with Gasteiger partial charge < -0.3 is 9.84 Å². The van der Waals surface area contributed by atoms with Crippen molar-refractivity contribution >= 4 is 5.97 Å². The van der Waals surface area contributed by atoms with E-state index in [9.17, 15) is 23.1 Å². The number of rotatable bonds is 7. The van der Waals surface area contributed by atoms with Crippen molar-refractivity contribution in [3.63, 3.8) is 0 Å². The van der Waals surface area contributed by atoms with Gasteiger partial charge in [0.1, 0.15) is 6.10 Å². The Hall–Kier alpha value is -1.56. The lowest BCUT2D eigenvalue weighted by Crippen LogP contribution is -2.59. The van der Waals surface area contributed by atoms with E-state index in [0.717, 1.165) is 51.4 Å². The van der Waals surface area contributed by atoms with Gasteiger partial charge in [-0.25, -0.2) is 4.79 Å². The zero-order valence-electron chi connectivity index (χ0n) is 27.2. The normalized spacial score (nSPS) is 40.8. The summed E-state index contributed by atoms with van der Waals surface area (Å²) < 4.78 is 47.6. The third kappa shape index (κ3) is 5.77. The smallest absolute Gasteiger partial charge is 0.417 e. The molecule has 0 radical (unpaired) electrons. The maximum atomic E-state index is 13.8. The molecule has 1 aromatic carbocycles. The number of alkyl halides is 3. The SMILES string of the molecule is C[C@H](CC[C@@H](OC(=O)c1ccccc1)C1CCCCC1)[C@H]1CCC2[C@@H]3CCC4C[C@](O)(C(F)(F)F)CC[C@]4(C)C3CC[C@@]21C. The molecule has 1 N–H and O–H groups in total. The van der Waals surface area contributed by atoms with Gasteiger partial charge in [0, 0.05) is 0 Å². The van der Waals surface area contributed by atoms with Crippen LogP contribution in [0.3, 0.4) is 0 Å². The van der Waals surface area contributed by atoms with Crippen LogP contribution in [0.1, 0.15) is 134 Å². The van der Waals surface area contributed by atoms with Crippen molar-refractivity contribution in [1.29, 1.82) is 0 Å². The number of aliphatic hydroxyl groups is 1. The fourth-order valence-corrected chi connectivity index (χ4v) is 11.8. The van der Waals surface area contributed by atoms with Crippen LogP contribution >= 0.6 is 0 Å². The van der Waals surface area contributed by atoms with Gasteiger partial charge in [-0.3, -0.25) is 0 Å². The molecule has 3 nitrogen and oxygen atoms in total. The van der Waals surface area contributed by atoms with Crippen molar-refractivity contribution in [3.8, 4) is 0 Å². The number of benzene rings is 1. The molecule has 6 heteroatoms. The van der Waals surface area contributed by atoms with E-state index in [1.807, 2.05) is 30.3 Å². The van der Waals surface area contributed by atoms with Crippen LogP contribution in [-0.2, 0) is 4.74 Å². The second-order valence-corrected chi connectivity index (χ2v) is 16.4. The van der Waals surface area contributed by atoms with Crippen molar-refractivity contribution in [3.05, 3.63) is 35.9 Å². The first-order valence-electron chi connectivity index (χ1n) is 17.9.